The Morgan fingerprint density at radius 1 is 1.17 bits per heavy atom. The van der Waals surface area contributed by atoms with E-state index in [9.17, 15) is 9.90 Å². The van der Waals surface area contributed by atoms with Crippen LogP contribution in [0.15, 0.2) is 36.7 Å². The van der Waals surface area contributed by atoms with Crippen LogP contribution in [0, 0.1) is 0 Å². The molecular weight excluding hydrogens is 400 g/mol. The number of halogens is 1. The summed E-state index contributed by atoms with van der Waals surface area (Å²) in [7, 11) is 0. The number of aliphatic hydroxyl groups excluding tert-OH is 1. The van der Waals surface area contributed by atoms with E-state index in [4.69, 9.17) is 16.6 Å². The molecule has 2 aliphatic carbocycles. The van der Waals surface area contributed by atoms with Gasteiger partial charge in [-0.05, 0) is 68.4 Å². The molecule has 7 heteroatoms. The first-order valence-corrected chi connectivity index (χ1v) is 11.1. The molecule has 2 aromatic heterocycles. The highest BCUT2D eigenvalue weighted by molar-refractivity contribution is 6.31. The van der Waals surface area contributed by atoms with Crippen LogP contribution in [-0.4, -0.2) is 31.7 Å². The van der Waals surface area contributed by atoms with Crippen LogP contribution in [0.3, 0.4) is 0 Å². The third-order valence-corrected chi connectivity index (χ3v) is 7.30. The van der Waals surface area contributed by atoms with Gasteiger partial charge in [0.15, 0.2) is 0 Å². The second kappa shape index (κ2) is 6.53. The van der Waals surface area contributed by atoms with E-state index < -0.39 is 0 Å². The summed E-state index contributed by atoms with van der Waals surface area (Å²) < 4.78 is 2.28. The lowest BCUT2D eigenvalue weighted by Gasteiger charge is -2.29. The van der Waals surface area contributed by atoms with E-state index in [1.165, 1.54) is 0 Å². The fourth-order valence-electron chi connectivity index (χ4n) is 5.35. The topological polar surface area (TPSA) is 71.2 Å². The minimum Gasteiger partial charge on any atom is -0.393 e. The van der Waals surface area contributed by atoms with Gasteiger partial charge in [0.2, 0.25) is 5.91 Å². The normalized spacial score (nSPS) is 24.6. The number of aromatic nitrogens is 3. The number of aliphatic hydroxyl groups is 1. The molecule has 0 unspecified atom stereocenters. The van der Waals surface area contributed by atoms with E-state index in [1.807, 2.05) is 29.2 Å². The first-order chi connectivity index (χ1) is 14.6. The van der Waals surface area contributed by atoms with Crippen LogP contribution in [-0.2, 0) is 16.8 Å². The minimum atomic E-state index is -0.340. The van der Waals surface area contributed by atoms with Crippen molar-refractivity contribution in [3.8, 4) is 0 Å². The standard InChI is InChI=1S/C23H23ClN4O2/c24-14-1-6-19-18(11-14)26-21(28(19)15-2-4-16(29)5-3-15)13-27-20-12-25-10-7-17(20)23(8-9-23)22(27)30/h1,6-7,10-12,15-16,29H,2-5,8-9,13H2. The number of benzene rings is 1. The zero-order valence-electron chi connectivity index (χ0n) is 16.6. The summed E-state index contributed by atoms with van der Waals surface area (Å²) in [5.41, 5.74) is 3.57. The number of carbonyl (C=O) groups is 1. The summed E-state index contributed by atoms with van der Waals surface area (Å²) in [5, 5.41) is 10.6. The second-order valence-corrected chi connectivity index (χ2v) is 9.30. The van der Waals surface area contributed by atoms with Crippen LogP contribution in [0.25, 0.3) is 11.0 Å². The molecule has 1 aromatic carbocycles. The molecule has 30 heavy (non-hydrogen) atoms. The average Bonchev–Trinajstić information content (AvgIpc) is 3.44. The third-order valence-electron chi connectivity index (χ3n) is 7.07. The highest BCUT2D eigenvalue weighted by atomic mass is 35.5. The first-order valence-electron chi connectivity index (χ1n) is 10.7. The van der Waals surface area contributed by atoms with Gasteiger partial charge in [-0.1, -0.05) is 11.6 Å². The number of anilines is 1. The lowest BCUT2D eigenvalue weighted by molar-refractivity contribution is -0.120. The highest BCUT2D eigenvalue weighted by Gasteiger charge is 2.59. The number of hydrogen-bond acceptors (Lipinski definition) is 4. The quantitative estimate of drug-likeness (QED) is 0.688. The molecule has 6 rings (SSSR count). The molecule has 1 N–H and O–H groups in total. The number of carbonyl (C=O) groups excluding carboxylic acids is 1. The summed E-state index contributed by atoms with van der Waals surface area (Å²) in [5.74, 6) is 1.04. The zero-order chi connectivity index (χ0) is 20.5. The second-order valence-electron chi connectivity index (χ2n) is 8.86. The molecule has 1 spiro atoms. The van der Waals surface area contributed by atoms with Gasteiger partial charge in [-0.15, -0.1) is 0 Å². The van der Waals surface area contributed by atoms with Crippen molar-refractivity contribution in [2.24, 2.45) is 0 Å². The van der Waals surface area contributed by atoms with Crippen molar-refractivity contribution < 1.29 is 9.90 Å². The van der Waals surface area contributed by atoms with E-state index in [0.29, 0.717) is 11.6 Å². The fourth-order valence-corrected chi connectivity index (χ4v) is 5.52. The average molecular weight is 423 g/mol. The lowest BCUT2D eigenvalue weighted by Crippen LogP contribution is -2.33. The number of nitrogens with zero attached hydrogens (tertiary/aromatic N) is 4. The molecule has 0 radical (unpaired) electrons. The number of amides is 1. The molecule has 0 atom stereocenters. The number of fused-ring (bicyclic) bond motifs is 3. The van der Waals surface area contributed by atoms with Gasteiger partial charge in [0.05, 0.1) is 41.0 Å². The van der Waals surface area contributed by atoms with Gasteiger partial charge in [-0.3, -0.25) is 9.78 Å². The largest absolute Gasteiger partial charge is 0.393 e. The Bertz CT molecular complexity index is 1160. The molecule has 3 aliphatic rings. The van der Waals surface area contributed by atoms with Crippen LogP contribution in [0.2, 0.25) is 5.02 Å². The summed E-state index contributed by atoms with van der Waals surface area (Å²) in [6.45, 7) is 0.421. The molecular formula is C23H23ClN4O2. The van der Waals surface area contributed by atoms with Crippen LogP contribution < -0.4 is 4.90 Å². The lowest BCUT2D eigenvalue weighted by atomic mass is 9.92. The van der Waals surface area contributed by atoms with Crippen molar-refractivity contribution in [1.29, 1.82) is 0 Å². The van der Waals surface area contributed by atoms with Crippen LogP contribution in [0.5, 0.6) is 0 Å². The van der Waals surface area contributed by atoms with Crippen LogP contribution >= 0.6 is 11.6 Å². The predicted molar refractivity (Wildman–Crippen MR) is 115 cm³/mol. The van der Waals surface area contributed by atoms with E-state index in [0.717, 1.165) is 66.6 Å². The summed E-state index contributed by atoms with van der Waals surface area (Å²) in [6, 6.07) is 8.05. The molecule has 2 fully saturated rings. The Hall–Kier alpha value is -2.44. The van der Waals surface area contributed by atoms with E-state index in [1.54, 1.807) is 12.4 Å². The zero-order valence-corrected chi connectivity index (χ0v) is 17.3. The van der Waals surface area contributed by atoms with Crippen molar-refractivity contribution in [3.05, 3.63) is 53.1 Å². The molecule has 1 amide bonds. The minimum absolute atomic E-state index is 0.168. The van der Waals surface area contributed by atoms with E-state index >= 15 is 0 Å². The van der Waals surface area contributed by atoms with Crippen molar-refractivity contribution in [3.63, 3.8) is 0 Å². The molecule has 0 saturated heterocycles. The molecule has 3 aromatic rings. The SMILES string of the molecule is O=C1N(Cc2nc3cc(Cl)ccc3n2C2CCC(O)CC2)c2cnccc2C12CC2. The maximum absolute atomic E-state index is 13.4. The number of imidazole rings is 1. The van der Waals surface area contributed by atoms with Crippen LogP contribution in [0.1, 0.15) is 56.0 Å². The molecule has 154 valence electrons. The van der Waals surface area contributed by atoms with E-state index in [2.05, 4.69) is 9.55 Å². The number of rotatable bonds is 3. The molecule has 0 bridgehead atoms. The monoisotopic (exact) mass is 422 g/mol. The predicted octanol–water partition coefficient (Wildman–Crippen LogP) is 4.14. The van der Waals surface area contributed by atoms with Crippen molar-refractivity contribution in [2.45, 2.75) is 62.6 Å². The first kappa shape index (κ1) is 18.3. The summed E-state index contributed by atoms with van der Waals surface area (Å²) >= 11 is 6.24. The third kappa shape index (κ3) is 2.63. The summed E-state index contributed by atoms with van der Waals surface area (Å²) in [6.07, 6.45) is 8.56. The van der Waals surface area contributed by atoms with Gasteiger partial charge in [0.1, 0.15) is 5.82 Å². The Balaban J connectivity index is 1.44. The molecule has 3 heterocycles. The smallest absolute Gasteiger partial charge is 0.238 e. The van der Waals surface area contributed by atoms with Crippen molar-refractivity contribution >= 4 is 34.2 Å². The molecule has 6 nitrogen and oxygen atoms in total. The van der Waals surface area contributed by atoms with Crippen molar-refractivity contribution in [1.82, 2.24) is 14.5 Å². The Kier molecular flexibility index (Phi) is 3.99. The maximum Gasteiger partial charge on any atom is 0.238 e. The van der Waals surface area contributed by atoms with Gasteiger partial charge in [-0.2, -0.15) is 0 Å². The Morgan fingerprint density at radius 2 is 1.97 bits per heavy atom. The van der Waals surface area contributed by atoms with Gasteiger partial charge >= 0.3 is 0 Å². The fraction of sp³-hybridized carbons (Fsp3) is 0.435. The van der Waals surface area contributed by atoms with Crippen molar-refractivity contribution in [2.75, 3.05) is 4.90 Å². The van der Waals surface area contributed by atoms with Crippen LogP contribution in [0.4, 0.5) is 5.69 Å². The van der Waals surface area contributed by atoms with Gasteiger partial charge in [0.25, 0.3) is 0 Å². The maximum atomic E-state index is 13.4. The van der Waals surface area contributed by atoms with Gasteiger partial charge in [0, 0.05) is 17.3 Å². The van der Waals surface area contributed by atoms with Gasteiger partial charge in [-0.25, -0.2) is 4.98 Å². The molecule has 2 saturated carbocycles. The Morgan fingerprint density at radius 3 is 2.73 bits per heavy atom. The van der Waals surface area contributed by atoms with E-state index in [-0.39, 0.29) is 23.5 Å². The number of hydrogen-bond donors (Lipinski definition) is 1. The number of pyridine rings is 1. The highest BCUT2D eigenvalue weighted by Crippen LogP contribution is 2.57. The molecule has 1 aliphatic heterocycles. The summed E-state index contributed by atoms with van der Waals surface area (Å²) in [4.78, 5) is 24.4. The Labute approximate surface area is 179 Å². The van der Waals surface area contributed by atoms with Gasteiger partial charge < -0.3 is 14.6 Å².